The molecule has 0 spiro atoms. The average molecular weight is 780 g/mol. The minimum absolute atomic E-state index is 0. The van der Waals surface area contributed by atoms with Gasteiger partial charge >= 0.3 is 31.2 Å². The van der Waals surface area contributed by atoms with Crippen LogP contribution in [0.4, 0.5) is 0 Å². The van der Waals surface area contributed by atoms with Crippen molar-refractivity contribution in [3.8, 4) is 0 Å². The quantitative estimate of drug-likeness (QED) is 0.0801. The van der Waals surface area contributed by atoms with E-state index in [2.05, 4.69) is 87.5 Å². The Morgan fingerprint density at radius 1 is 0.490 bits per heavy atom. The van der Waals surface area contributed by atoms with Crippen molar-refractivity contribution < 1.29 is 52.6 Å². The molecule has 0 unspecified atom stereocenters. The third-order valence-corrected chi connectivity index (χ3v) is 5.84. The van der Waals surface area contributed by atoms with E-state index in [0.717, 1.165) is 6.67 Å². The van der Waals surface area contributed by atoms with Gasteiger partial charge < -0.3 is 25.8 Å². The Hall–Kier alpha value is -1.17. The topological polar surface area (TPSA) is 272 Å². The molecule has 20 heteroatoms. The molecular weight excluding hydrogens is 707 g/mol. The highest BCUT2D eigenvalue weighted by atomic mass is 32.3. The molecule has 0 aromatic heterocycles. The van der Waals surface area contributed by atoms with E-state index in [1.54, 1.807) is 0 Å². The Labute approximate surface area is 299 Å². The van der Waals surface area contributed by atoms with E-state index in [0.29, 0.717) is 0 Å². The molecule has 0 aliphatic carbocycles. The van der Waals surface area contributed by atoms with Crippen molar-refractivity contribution in [3.05, 3.63) is 12.4 Å². The zero-order chi connectivity index (χ0) is 38.7. The maximum absolute atomic E-state index is 8.74. The summed E-state index contributed by atoms with van der Waals surface area (Å²) in [6.07, 6.45) is 18.8. The Morgan fingerprint density at radius 2 is 0.755 bits per heavy atom. The molecule has 0 aromatic carbocycles. The van der Waals surface area contributed by atoms with E-state index in [1.807, 2.05) is 0 Å². The SMILES string of the molecule is CCCCN(CCCC)CCCC.CCCCN1C=CN(C)C1.CCCN(CCC)CCC.N.O=S(=O)(O)O.O=S(=O)(O)O.O=S(=O)(O)O. The Morgan fingerprint density at radius 3 is 0.959 bits per heavy atom. The fourth-order valence-electron chi connectivity index (χ4n) is 3.86. The largest absolute Gasteiger partial charge is 0.394 e. The van der Waals surface area contributed by atoms with Gasteiger partial charge in [0, 0.05) is 26.0 Å². The highest BCUT2D eigenvalue weighted by Crippen LogP contribution is 2.04. The van der Waals surface area contributed by atoms with Crippen LogP contribution < -0.4 is 6.15 Å². The summed E-state index contributed by atoms with van der Waals surface area (Å²) in [6, 6.07) is 0. The fourth-order valence-corrected chi connectivity index (χ4v) is 3.86. The molecule has 17 nitrogen and oxygen atoms in total. The van der Waals surface area contributed by atoms with Crippen LogP contribution in [0.25, 0.3) is 0 Å². The maximum atomic E-state index is 8.74. The number of hydrogen-bond donors (Lipinski definition) is 7. The van der Waals surface area contributed by atoms with Gasteiger partial charge in [0.2, 0.25) is 0 Å². The second-order valence-electron chi connectivity index (χ2n) is 10.9. The van der Waals surface area contributed by atoms with Gasteiger partial charge in [-0.25, -0.2) is 0 Å². The summed E-state index contributed by atoms with van der Waals surface area (Å²) in [6.45, 7) is 25.9. The monoisotopic (exact) mass is 779 g/mol. The molecule has 0 bridgehead atoms. The molecule has 0 fully saturated rings. The summed E-state index contributed by atoms with van der Waals surface area (Å²) < 4.78 is 94.8. The van der Waals surface area contributed by atoms with E-state index in [-0.39, 0.29) is 6.15 Å². The van der Waals surface area contributed by atoms with Crippen LogP contribution in [-0.2, 0) is 31.2 Å². The van der Waals surface area contributed by atoms with Crippen LogP contribution >= 0.6 is 0 Å². The van der Waals surface area contributed by atoms with Crippen LogP contribution in [-0.4, -0.2) is 132 Å². The third kappa shape index (κ3) is 87.3. The van der Waals surface area contributed by atoms with Crippen LogP contribution in [0.3, 0.4) is 0 Å². The summed E-state index contributed by atoms with van der Waals surface area (Å²) in [5.74, 6) is 0. The highest BCUT2D eigenvalue weighted by Gasteiger charge is 2.06. The van der Waals surface area contributed by atoms with Crippen molar-refractivity contribution in [3.63, 3.8) is 0 Å². The number of rotatable bonds is 18. The van der Waals surface area contributed by atoms with Gasteiger partial charge in [0.25, 0.3) is 0 Å². The van der Waals surface area contributed by atoms with Crippen LogP contribution in [0.1, 0.15) is 119 Å². The van der Waals surface area contributed by atoms with E-state index in [4.69, 9.17) is 52.6 Å². The standard InChI is InChI=1S/C12H27N.C9H21N.C8H16N2.H3N.3H2O4S/c1-4-7-10-13(11-8-5-2)12-9-6-3;1-4-7-10(8-5-2)9-6-3;1-3-4-5-10-7-6-9(2)8-10;;3*1-5(2,3)4/h4-12H2,1-3H3;4-9H2,1-3H3;6-7H,3-5,8H2,1-2H3;1H3;3*(H2,1,2,3,4). The predicted molar refractivity (Wildman–Crippen MR) is 199 cm³/mol. The first-order chi connectivity index (χ1) is 22.0. The minimum atomic E-state index is -4.67. The lowest BCUT2D eigenvalue weighted by atomic mass is 10.2. The summed E-state index contributed by atoms with van der Waals surface area (Å²) >= 11 is 0. The molecule has 49 heavy (non-hydrogen) atoms. The molecule has 0 aromatic rings. The number of unbranched alkanes of at least 4 members (excludes halogenated alkanes) is 4. The molecule has 0 atom stereocenters. The predicted octanol–water partition coefficient (Wildman–Crippen LogP) is 5.87. The highest BCUT2D eigenvalue weighted by molar-refractivity contribution is 7.80. The first-order valence-electron chi connectivity index (χ1n) is 16.7. The number of hydrogen-bond acceptors (Lipinski definition) is 11. The van der Waals surface area contributed by atoms with E-state index >= 15 is 0 Å². The summed E-state index contributed by atoms with van der Waals surface area (Å²) in [4.78, 5) is 9.70. The van der Waals surface area contributed by atoms with Gasteiger partial charge in [0.1, 0.15) is 0 Å². The van der Waals surface area contributed by atoms with Crippen molar-refractivity contribution in [2.24, 2.45) is 0 Å². The van der Waals surface area contributed by atoms with Gasteiger partial charge in [-0.3, -0.25) is 27.3 Å². The van der Waals surface area contributed by atoms with Gasteiger partial charge in [0.05, 0.1) is 6.67 Å². The van der Waals surface area contributed by atoms with Crippen molar-refractivity contribution in [1.82, 2.24) is 25.8 Å². The smallest absolute Gasteiger partial charge is 0.362 e. The molecule has 0 amide bonds. The van der Waals surface area contributed by atoms with Crippen LogP contribution in [0.2, 0.25) is 0 Å². The van der Waals surface area contributed by atoms with Crippen molar-refractivity contribution in [2.75, 3.05) is 59.5 Å². The average Bonchev–Trinajstić information content (AvgIpc) is 3.35. The van der Waals surface area contributed by atoms with Gasteiger partial charge in [-0.2, -0.15) is 25.3 Å². The Kier molecular flexibility index (Phi) is 48.5. The fraction of sp³-hybridized carbons (Fsp3) is 0.931. The summed E-state index contributed by atoms with van der Waals surface area (Å²) in [5.41, 5.74) is 0. The van der Waals surface area contributed by atoms with E-state index in [1.165, 1.54) is 116 Å². The third-order valence-electron chi connectivity index (χ3n) is 5.84. The first-order valence-corrected chi connectivity index (χ1v) is 20.9. The molecule has 0 saturated carbocycles. The lowest BCUT2D eigenvalue weighted by Crippen LogP contribution is -2.27. The van der Waals surface area contributed by atoms with E-state index in [9.17, 15) is 0 Å². The molecule has 1 aliphatic heterocycles. The molecule has 0 saturated heterocycles. The van der Waals surface area contributed by atoms with Crippen molar-refractivity contribution in [1.29, 1.82) is 0 Å². The summed E-state index contributed by atoms with van der Waals surface area (Å²) in [5, 5.41) is 0. The Balaban J connectivity index is -0.000000118. The van der Waals surface area contributed by atoms with Gasteiger partial charge in [-0.15, -0.1) is 0 Å². The Bertz CT molecular complexity index is 891. The molecule has 1 aliphatic rings. The molecule has 1 rings (SSSR count). The normalized spacial score (nSPS) is 12.2. The lowest BCUT2D eigenvalue weighted by molar-refractivity contribution is 0.261. The molecule has 304 valence electrons. The summed E-state index contributed by atoms with van der Waals surface area (Å²) in [7, 11) is -11.9. The first kappa shape index (κ1) is 59.9. The molecule has 9 N–H and O–H groups in total. The van der Waals surface area contributed by atoms with Crippen LogP contribution in [0, 0.1) is 0 Å². The van der Waals surface area contributed by atoms with Gasteiger partial charge in [-0.05, 0) is 84.2 Å². The molecular formula is C29H73N5O12S3. The number of nitrogens with zero attached hydrogens (tertiary/aromatic N) is 4. The second-order valence-corrected chi connectivity index (χ2v) is 13.6. The van der Waals surface area contributed by atoms with E-state index < -0.39 is 31.2 Å². The minimum Gasteiger partial charge on any atom is -0.362 e. The lowest BCUT2D eigenvalue weighted by Gasteiger charge is -2.21. The van der Waals surface area contributed by atoms with Crippen molar-refractivity contribution >= 4 is 31.2 Å². The zero-order valence-corrected chi connectivity index (χ0v) is 33.9. The van der Waals surface area contributed by atoms with Crippen LogP contribution in [0.15, 0.2) is 12.4 Å². The van der Waals surface area contributed by atoms with Gasteiger partial charge in [0.15, 0.2) is 0 Å². The van der Waals surface area contributed by atoms with Gasteiger partial charge in [-0.1, -0.05) is 74.1 Å². The van der Waals surface area contributed by atoms with Crippen molar-refractivity contribution in [2.45, 2.75) is 119 Å². The van der Waals surface area contributed by atoms with Crippen LogP contribution in [0.5, 0.6) is 0 Å². The molecule has 1 heterocycles. The zero-order valence-electron chi connectivity index (χ0n) is 31.4. The molecule has 0 radical (unpaired) electrons. The maximum Gasteiger partial charge on any atom is 0.394 e. The second kappa shape index (κ2) is 39.6.